The molecule has 0 unspecified atom stereocenters. The first-order chi connectivity index (χ1) is 10.2. The number of fused-ring (bicyclic) bond motifs is 1. The Balaban J connectivity index is 2.02. The van der Waals surface area contributed by atoms with Gasteiger partial charge in [0.1, 0.15) is 23.2 Å². The normalized spacial score (nSPS) is 10.7. The van der Waals surface area contributed by atoms with Gasteiger partial charge >= 0.3 is 0 Å². The third-order valence-electron chi connectivity index (χ3n) is 3.03. The number of aromatic nitrogens is 2. The van der Waals surface area contributed by atoms with E-state index in [9.17, 15) is 0 Å². The first kappa shape index (κ1) is 13.2. The lowest BCUT2D eigenvalue weighted by Crippen LogP contribution is -1.98. The molecule has 6 heteroatoms. The van der Waals surface area contributed by atoms with Crippen molar-refractivity contribution in [3.05, 3.63) is 36.2 Å². The minimum atomic E-state index is 0.192. The summed E-state index contributed by atoms with van der Waals surface area (Å²) in [6.45, 7) is 0.192. The fraction of sp³-hybridized carbons (Fsp3) is 0.200. The summed E-state index contributed by atoms with van der Waals surface area (Å²) in [4.78, 5) is 0. The molecule has 0 aliphatic heterocycles. The quantitative estimate of drug-likeness (QED) is 0.688. The van der Waals surface area contributed by atoms with Crippen LogP contribution in [-0.2, 0) is 11.8 Å². The lowest BCUT2D eigenvalue weighted by atomic mass is 10.2. The van der Waals surface area contributed by atoms with E-state index in [2.05, 4.69) is 11.2 Å². The number of furan rings is 1. The highest BCUT2D eigenvalue weighted by atomic mass is 16.7. The predicted molar refractivity (Wildman–Crippen MR) is 75.6 cm³/mol. The molecule has 0 aliphatic rings. The van der Waals surface area contributed by atoms with E-state index in [0.29, 0.717) is 22.8 Å². The Hall–Kier alpha value is -2.78. The molecule has 2 aromatic heterocycles. The Morgan fingerprint density at radius 1 is 1.38 bits per heavy atom. The molecule has 106 valence electrons. The van der Waals surface area contributed by atoms with Crippen molar-refractivity contribution >= 4 is 11.0 Å². The van der Waals surface area contributed by atoms with Crippen LogP contribution in [0.2, 0.25) is 0 Å². The van der Waals surface area contributed by atoms with Crippen molar-refractivity contribution in [2.45, 2.75) is 0 Å². The molecule has 0 saturated heterocycles. The molecule has 3 rings (SSSR count). The van der Waals surface area contributed by atoms with E-state index in [1.807, 2.05) is 24.3 Å². The summed E-state index contributed by atoms with van der Waals surface area (Å²) in [5, 5.41) is 14.1. The molecular formula is C15H13N3O3. The third-order valence-corrected chi connectivity index (χ3v) is 3.03. The molecule has 0 fully saturated rings. The van der Waals surface area contributed by atoms with Gasteiger partial charge in [-0.2, -0.15) is 10.4 Å². The lowest BCUT2D eigenvalue weighted by molar-refractivity contribution is 0.0512. The summed E-state index contributed by atoms with van der Waals surface area (Å²) in [5.74, 6) is 1.31. The zero-order valence-corrected chi connectivity index (χ0v) is 11.7. The lowest BCUT2D eigenvalue weighted by Gasteiger charge is -2.03. The number of nitriles is 1. The third kappa shape index (κ3) is 2.47. The Morgan fingerprint density at radius 2 is 2.24 bits per heavy atom. The maximum Gasteiger partial charge on any atom is 0.188 e. The molecule has 0 amide bonds. The fourth-order valence-corrected chi connectivity index (χ4v) is 2.12. The number of hydrogen-bond acceptors (Lipinski definition) is 5. The van der Waals surface area contributed by atoms with Crippen molar-refractivity contribution in [3.8, 4) is 23.1 Å². The van der Waals surface area contributed by atoms with Gasteiger partial charge in [0.2, 0.25) is 0 Å². The summed E-state index contributed by atoms with van der Waals surface area (Å²) in [5.41, 5.74) is 1.74. The highest BCUT2D eigenvalue weighted by molar-refractivity contribution is 5.84. The van der Waals surface area contributed by atoms with E-state index in [1.165, 1.54) is 0 Å². The number of aryl methyl sites for hydroxylation is 1. The molecule has 0 aliphatic carbocycles. The average Bonchev–Trinajstić information content (AvgIpc) is 3.07. The van der Waals surface area contributed by atoms with Crippen LogP contribution in [0.25, 0.3) is 22.3 Å². The second-order valence-corrected chi connectivity index (χ2v) is 4.54. The smallest absolute Gasteiger partial charge is 0.188 e. The first-order valence-electron chi connectivity index (χ1n) is 6.30. The molecule has 21 heavy (non-hydrogen) atoms. The van der Waals surface area contributed by atoms with Crippen molar-refractivity contribution in [2.75, 3.05) is 13.9 Å². The molecule has 0 N–H and O–H groups in total. The van der Waals surface area contributed by atoms with Crippen LogP contribution in [0.15, 0.2) is 34.9 Å². The molecule has 6 nitrogen and oxygen atoms in total. The van der Waals surface area contributed by atoms with E-state index in [4.69, 9.17) is 19.2 Å². The second-order valence-electron chi connectivity index (χ2n) is 4.54. The van der Waals surface area contributed by atoms with Crippen molar-refractivity contribution < 1.29 is 13.9 Å². The van der Waals surface area contributed by atoms with Crippen molar-refractivity contribution in [3.63, 3.8) is 0 Å². The van der Waals surface area contributed by atoms with Crippen molar-refractivity contribution in [2.24, 2.45) is 7.05 Å². The van der Waals surface area contributed by atoms with Gasteiger partial charge in [-0.3, -0.25) is 4.68 Å². The highest BCUT2D eigenvalue weighted by Gasteiger charge is 2.14. The second kappa shape index (κ2) is 5.31. The van der Waals surface area contributed by atoms with Crippen LogP contribution in [0.3, 0.4) is 0 Å². The molecule has 0 radical (unpaired) electrons. The van der Waals surface area contributed by atoms with Gasteiger partial charge in [-0.1, -0.05) is 0 Å². The first-order valence-corrected chi connectivity index (χ1v) is 6.30. The number of rotatable bonds is 4. The number of hydrogen-bond donors (Lipinski definition) is 0. The number of benzene rings is 1. The molecule has 0 spiro atoms. The Labute approximate surface area is 121 Å². The highest BCUT2D eigenvalue weighted by Crippen LogP contribution is 2.31. The zero-order chi connectivity index (χ0) is 14.8. The Morgan fingerprint density at radius 3 is 3.00 bits per heavy atom. The summed E-state index contributed by atoms with van der Waals surface area (Å²) in [7, 11) is 3.34. The van der Waals surface area contributed by atoms with Gasteiger partial charge in [0.25, 0.3) is 0 Å². The molecule has 0 atom stereocenters. The summed E-state index contributed by atoms with van der Waals surface area (Å²) in [6.07, 6.45) is 1.76. The van der Waals surface area contributed by atoms with Crippen molar-refractivity contribution in [1.82, 2.24) is 9.78 Å². The van der Waals surface area contributed by atoms with Gasteiger partial charge in [-0.15, -0.1) is 0 Å². The van der Waals surface area contributed by atoms with Crippen LogP contribution in [0, 0.1) is 11.3 Å². The summed E-state index contributed by atoms with van der Waals surface area (Å²) >= 11 is 0. The van der Waals surface area contributed by atoms with Crippen LogP contribution in [-0.4, -0.2) is 23.7 Å². The summed E-state index contributed by atoms with van der Waals surface area (Å²) in [6, 6.07) is 9.43. The molecule has 1 aromatic carbocycles. The average molecular weight is 283 g/mol. The van der Waals surface area contributed by atoms with E-state index in [1.54, 1.807) is 25.0 Å². The van der Waals surface area contributed by atoms with Gasteiger partial charge in [0, 0.05) is 25.7 Å². The standard InChI is InChI=1S/C15H13N3O3/c1-18-8-12(13(7-16)17-18)15-6-10-5-11(20-9-19-2)3-4-14(10)21-15/h3-6,8H,9H2,1-2H3. The molecule has 3 aromatic rings. The number of ether oxygens (including phenoxy) is 2. The monoisotopic (exact) mass is 283 g/mol. The fourth-order valence-electron chi connectivity index (χ4n) is 2.12. The van der Waals surface area contributed by atoms with Crippen LogP contribution in [0.1, 0.15) is 5.69 Å². The molecular weight excluding hydrogens is 270 g/mol. The Bertz CT molecular complexity index is 826. The van der Waals surface area contributed by atoms with Gasteiger partial charge in [0.15, 0.2) is 12.5 Å². The van der Waals surface area contributed by atoms with Crippen LogP contribution in [0.5, 0.6) is 5.75 Å². The van der Waals surface area contributed by atoms with Gasteiger partial charge in [-0.25, -0.2) is 0 Å². The number of nitrogens with zero attached hydrogens (tertiary/aromatic N) is 3. The Kier molecular flexibility index (Phi) is 3.34. The van der Waals surface area contributed by atoms with Crippen LogP contribution in [0.4, 0.5) is 0 Å². The van der Waals surface area contributed by atoms with Gasteiger partial charge < -0.3 is 13.9 Å². The maximum atomic E-state index is 9.11. The molecule has 2 heterocycles. The van der Waals surface area contributed by atoms with Gasteiger partial charge in [0.05, 0.1) is 5.56 Å². The molecule has 0 saturated carbocycles. The van der Waals surface area contributed by atoms with Crippen molar-refractivity contribution in [1.29, 1.82) is 5.26 Å². The SMILES string of the molecule is COCOc1ccc2oc(-c3cn(C)nc3C#N)cc2c1. The minimum absolute atomic E-state index is 0.192. The topological polar surface area (TPSA) is 73.2 Å². The van der Waals surface area contributed by atoms with Crippen LogP contribution < -0.4 is 4.74 Å². The largest absolute Gasteiger partial charge is 0.468 e. The zero-order valence-electron chi connectivity index (χ0n) is 11.7. The van der Waals surface area contributed by atoms with Gasteiger partial charge in [-0.05, 0) is 24.3 Å². The number of methoxy groups -OCH3 is 1. The summed E-state index contributed by atoms with van der Waals surface area (Å²) < 4.78 is 17.6. The van der Waals surface area contributed by atoms with E-state index < -0.39 is 0 Å². The predicted octanol–water partition coefficient (Wildman–Crippen LogP) is 2.69. The maximum absolute atomic E-state index is 9.11. The van der Waals surface area contributed by atoms with Crippen LogP contribution >= 0.6 is 0 Å². The van der Waals surface area contributed by atoms with E-state index in [-0.39, 0.29) is 6.79 Å². The minimum Gasteiger partial charge on any atom is -0.468 e. The van der Waals surface area contributed by atoms with E-state index >= 15 is 0 Å². The molecule has 0 bridgehead atoms. The van der Waals surface area contributed by atoms with E-state index in [0.717, 1.165) is 11.0 Å².